The zero-order valence-corrected chi connectivity index (χ0v) is 17.9. The largest absolute Gasteiger partial charge is 0.392 e. The van der Waals surface area contributed by atoms with Gasteiger partial charge in [-0.15, -0.1) is 0 Å². The molecule has 9 heteroatoms. The number of rotatable bonds is 8. The van der Waals surface area contributed by atoms with Crippen molar-refractivity contribution in [2.75, 3.05) is 6.54 Å². The molecule has 0 radical (unpaired) electrons. The Hall–Kier alpha value is -2.75. The summed E-state index contributed by atoms with van der Waals surface area (Å²) >= 11 is 0. The van der Waals surface area contributed by atoms with Crippen molar-refractivity contribution >= 4 is 21.8 Å². The number of aliphatic hydroxyl groups is 1. The third-order valence-electron chi connectivity index (χ3n) is 5.41. The van der Waals surface area contributed by atoms with Crippen LogP contribution in [0, 0.1) is 0 Å². The molecule has 1 aliphatic heterocycles. The van der Waals surface area contributed by atoms with Crippen molar-refractivity contribution in [3.8, 4) is 0 Å². The van der Waals surface area contributed by atoms with Crippen LogP contribution in [0.25, 0.3) is 0 Å². The lowest BCUT2D eigenvalue weighted by Gasteiger charge is -2.34. The number of amides is 2. The SMILES string of the molecule is NC(=O)[C@H](Cc1ccc(CO)cc1)NC(=O)[C@@H]1CCCCN1S(=O)(=O)c1ccccc1. The second kappa shape index (κ2) is 10.0. The van der Waals surface area contributed by atoms with Gasteiger partial charge in [0.15, 0.2) is 0 Å². The number of carbonyl (C=O) groups excluding carboxylic acids is 2. The Labute approximate surface area is 182 Å². The Morgan fingerprint density at radius 3 is 2.32 bits per heavy atom. The van der Waals surface area contributed by atoms with E-state index in [4.69, 9.17) is 10.8 Å². The minimum absolute atomic E-state index is 0.0936. The Morgan fingerprint density at radius 2 is 1.71 bits per heavy atom. The average Bonchev–Trinajstić information content (AvgIpc) is 2.79. The van der Waals surface area contributed by atoms with E-state index in [1.807, 2.05) is 0 Å². The first-order valence-electron chi connectivity index (χ1n) is 10.2. The first kappa shape index (κ1) is 22.9. The molecular weight excluding hydrogens is 418 g/mol. The van der Waals surface area contributed by atoms with E-state index >= 15 is 0 Å². The molecule has 166 valence electrons. The maximum absolute atomic E-state index is 13.1. The quantitative estimate of drug-likeness (QED) is 0.557. The third kappa shape index (κ3) is 5.49. The number of carbonyl (C=O) groups is 2. The smallest absolute Gasteiger partial charge is 0.243 e. The van der Waals surface area contributed by atoms with E-state index < -0.39 is 33.9 Å². The second-order valence-electron chi connectivity index (χ2n) is 7.58. The summed E-state index contributed by atoms with van der Waals surface area (Å²) in [5.74, 6) is -1.23. The fourth-order valence-electron chi connectivity index (χ4n) is 3.69. The van der Waals surface area contributed by atoms with Gasteiger partial charge in [-0.3, -0.25) is 9.59 Å². The molecule has 0 unspecified atom stereocenters. The topological polar surface area (TPSA) is 130 Å². The molecule has 4 N–H and O–H groups in total. The molecule has 0 saturated carbocycles. The van der Waals surface area contributed by atoms with Gasteiger partial charge in [0, 0.05) is 13.0 Å². The first-order valence-corrected chi connectivity index (χ1v) is 11.6. The monoisotopic (exact) mass is 445 g/mol. The first-order chi connectivity index (χ1) is 14.8. The van der Waals surface area contributed by atoms with Crippen molar-refractivity contribution in [2.24, 2.45) is 5.73 Å². The molecule has 0 aliphatic carbocycles. The number of aliphatic hydroxyl groups excluding tert-OH is 1. The predicted molar refractivity (Wildman–Crippen MR) is 115 cm³/mol. The molecule has 1 fully saturated rings. The van der Waals surface area contributed by atoms with E-state index in [1.165, 1.54) is 16.4 Å². The van der Waals surface area contributed by atoms with Crippen LogP contribution in [0.2, 0.25) is 0 Å². The number of hydrogen-bond donors (Lipinski definition) is 3. The van der Waals surface area contributed by atoms with E-state index in [0.717, 1.165) is 11.1 Å². The third-order valence-corrected chi connectivity index (χ3v) is 7.33. The van der Waals surface area contributed by atoms with E-state index in [0.29, 0.717) is 19.3 Å². The van der Waals surface area contributed by atoms with Crippen LogP contribution >= 0.6 is 0 Å². The van der Waals surface area contributed by atoms with Crippen molar-refractivity contribution < 1.29 is 23.1 Å². The summed E-state index contributed by atoms with van der Waals surface area (Å²) in [7, 11) is -3.85. The molecule has 3 rings (SSSR count). The number of nitrogens with two attached hydrogens (primary N) is 1. The molecule has 2 atom stereocenters. The van der Waals surface area contributed by atoms with Crippen molar-refractivity contribution in [2.45, 2.75) is 49.3 Å². The van der Waals surface area contributed by atoms with Gasteiger partial charge in [-0.1, -0.05) is 48.9 Å². The highest BCUT2D eigenvalue weighted by Gasteiger charge is 2.38. The molecule has 8 nitrogen and oxygen atoms in total. The zero-order valence-electron chi connectivity index (χ0n) is 17.1. The number of hydrogen-bond acceptors (Lipinski definition) is 5. The summed E-state index contributed by atoms with van der Waals surface area (Å²) in [4.78, 5) is 25.1. The van der Waals surface area contributed by atoms with Crippen LogP contribution in [0.15, 0.2) is 59.5 Å². The van der Waals surface area contributed by atoms with Crippen molar-refractivity contribution in [3.63, 3.8) is 0 Å². The summed E-state index contributed by atoms with van der Waals surface area (Å²) in [6, 6.07) is 13.1. The van der Waals surface area contributed by atoms with Gasteiger partial charge in [0.25, 0.3) is 0 Å². The van der Waals surface area contributed by atoms with E-state index in [9.17, 15) is 18.0 Å². The highest BCUT2D eigenvalue weighted by atomic mass is 32.2. The zero-order chi connectivity index (χ0) is 22.4. The lowest BCUT2D eigenvalue weighted by Crippen LogP contribution is -2.56. The lowest BCUT2D eigenvalue weighted by molar-refractivity contribution is -0.130. The van der Waals surface area contributed by atoms with E-state index in [2.05, 4.69) is 5.32 Å². The van der Waals surface area contributed by atoms with Crippen LogP contribution in [0.4, 0.5) is 0 Å². The molecule has 0 aromatic heterocycles. The average molecular weight is 446 g/mol. The number of nitrogens with zero attached hydrogens (tertiary/aromatic N) is 1. The standard InChI is InChI=1S/C22H27N3O5S/c23-21(27)19(14-16-9-11-17(15-26)12-10-16)24-22(28)20-8-4-5-13-25(20)31(29,30)18-6-2-1-3-7-18/h1-3,6-7,9-12,19-20,26H,4-5,8,13-15H2,(H2,23,27)(H,24,28)/t19-,20-/m0/s1. The maximum atomic E-state index is 13.1. The number of benzene rings is 2. The van der Waals surface area contributed by atoms with Crippen molar-refractivity contribution in [3.05, 3.63) is 65.7 Å². The van der Waals surface area contributed by atoms with Crippen molar-refractivity contribution in [1.29, 1.82) is 0 Å². The summed E-state index contributed by atoms with van der Waals surface area (Å²) in [5, 5.41) is 11.8. The summed E-state index contributed by atoms with van der Waals surface area (Å²) < 4.78 is 27.4. The Bertz CT molecular complexity index is 1010. The molecule has 2 aromatic rings. The van der Waals surface area contributed by atoms with Gasteiger partial charge in [-0.05, 0) is 36.1 Å². The minimum atomic E-state index is -3.85. The van der Waals surface area contributed by atoms with Crippen LogP contribution in [-0.4, -0.2) is 48.3 Å². The fourth-order valence-corrected chi connectivity index (χ4v) is 5.37. The van der Waals surface area contributed by atoms with Gasteiger partial charge in [0.1, 0.15) is 12.1 Å². The highest BCUT2D eigenvalue weighted by Crippen LogP contribution is 2.25. The normalized spacial score (nSPS) is 18.3. The molecule has 0 bridgehead atoms. The van der Waals surface area contributed by atoms with Gasteiger partial charge in [-0.25, -0.2) is 8.42 Å². The van der Waals surface area contributed by atoms with Crippen LogP contribution in [0.5, 0.6) is 0 Å². The fraction of sp³-hybridized carbons (Fsp3) is 0.364. The number of sulfonamides is 1. The molecule has 1 saturated heterocycles. The number of nitrogens with one attached hydrogen (secondary N) is 1. The van der Waals surface area contributed by atoms with Crippen LogP contribution in [0.1, 0.15) is 30.4 Å². The van der Waals surface area contributed by atoms with Crippen LogP contribution in [-0.2, 0) is 32.6 Å². The summed E-state index contributed by atoms with van der Waals surface area (Å²) in [5.41, 5.74) is 7.00. The molecule has 0 spiro atoms. The van der Waals surface area contributed by atoms with Gasteiger partial charge in [0.05, 0.1) is 11.5 Å². The minimum Gasteiger partial charge on any atom is -0.392 e. The lowest BCUT2D eigenvalue weighted by atomic mass is 10.0. The second-order valence-corrected chi connectivity index (χ2v) is 9.47. The number of piperidine rings is 1. The van der Waals surface area contributed by atoms with Gasteiger partial charge in [-0.2, -0.15) is 4.31 Å². The van der Waals surface area contributed by atoms with Crippen LogP contribution in [0.3, 0.4) is 0 Å². The Balaban J connectivity index is 1.77. The van der Waals surface area contributed by atoms with Gasteiger partial charge >= 0.3 is 0 Å². The van der Waals surface area contributed by atoms with E-state index in [-0.39, 0.29) is 24.5 Å². The number of primary amides is 1. The molecule has 31 heavy (non-hydrogen) atoms. The summed E-state index contributed by atoms with van der Waals surface area (Å²) in [6.45, 7) is 0.142. The maximum Gasteiger partial charge on any atom is 0.243 e. The molecule has 2 amide bonds. The summed E-state index contributed by atoms with van der Waals surface area (Å²) in [6.07, 6.45) is 1.91. The predicted octanol–water partition coefficient (Wildman–Crippen LogP) is 0.935. The molecule has 1 heterocycles. The van der Waals surface area contributed by atoms with E-state index in [1.54, 1.807) is 42.5 Å². The van der Waals surface area contributed by atoms with Gasteiger partial charge < -0.3 is 16.2 Å². The van der Waals surface area contributed by atoms with Crippen LogP contribution < -0.4 is 11.1 Å². The Kier molecular flexibility index (Phi) is 7.42. The molecular formula is C22H27N3O5S. The van der Waals surface area contributed by atoms with Crippen molar-refractivity contribution in [1.82, 2.24) is 9.62 Å². The molecule has 1 aliphatic rings. The highest BCUT2D eigenvalue weighted by molar-refractivity contribution is 7.89. The van der Waals surface area contributed by atoms with Gasteiger partial charge in [0.2, 0.25) is 21.8 Å². The Morgan fingerprint density at radius 1 is 1.06 bits per heavy atom. The molecule has 2 aromatic carbocycles.